The maximum Gasteiger partial charge on any atom is 0.266 e. The molecule has 1 amide bonds. The molecule has 0 atom stereocenters. The van der Waals surface area contributed by atoms with E-state index in [1.807, 2.05) is 17.0 Å². The Morgan fingerprint density at radius 1 is 0.971 bits per heavy atom. The Hall–Kier alpha value is -3.52. The summed E-state index contributed by atoms with van der Waals surface area (Å²) in [6, 6.07) is 17.3. The molecule has 4 aromatic rings. The summed E-state index contributed by atoms with van der Waals surface area (Å²) in [6.45, 7) is 1.59. The van der Waals surface area contributed by atoms with E-state index in [1.54, 1.807) is 36.4 Å². The van der Waals surface area contributed by atoms with Crippen LogP contribution >= 0.6 is 11.8 Å². The van der Waals surface area contributed by atoms with Crippen molar-refractivity contribution in [2.24, 2.45) is 0 Å². The molecule has 3 aromatic carbocycles. The number of hydrogen-bond acceptors (Lipinski definition) is 4. The third-order valence-electron chi connectivity index (χ3n) is 5.86. The van der Waals surface area contributed by atoms with Gasteiger partial charge in [0.1, 0.15) is 11.6 Å². The maximum atomic E-state index is 14.6. The van der Waals surface area contributed by atoms with Crippen LogP contribution in [0.5, 0.6) is 0 Å². The molecule has 0 N–H and O–H groups in total. The summed E-state index contributed by atoms with van der Waals surface area (Å²) >= 11 is 1.27. The monoisotopic (exact) mass is 477 g/mol. The normalized spacial score (nSPS) is 13.5. The first-order valence-electron chi connectivity index (χ1n) is 11.0. The van der Waals surface area contributed by atoms with Gasteiger partial charge in [0, 0.05) is 30.5 Å². The molecule has 1 aliphatic heterocycles. The van der Waals surface area contributed by atoms with Crippen LogP contribution in [0.25, 0.3) is 16.6 Å². The van der Waals surface area contributed by atoms with Gasteiger partial charge < -0.3 is 4.90 Å². The van der Waals surface area contributed by atoms with Gasteiger partial charge in [-0.1, -0.05) is 36.0 Å². The number of fused-ring (bicyclic) bond motifs is 1. The topological polar surface area (TPSA) is 55.2 Å². The van der Waals surface area contributed by atoms with Gasteiger partial charge in [0.25, 0.3) is 11.5 Å². The van der Waals surface area contributed by atoms with E-state index in [1.165, 1.54) is 22.4 Å². The summed E-state index contributed by atoms with van der Waals surface area (Å²) < 4.78 is 29.3. The van der Waals surface area contributed by atoms with Crippen molar-refractivity contribution < 1.29 is 13.6 Å². The van der Waals surface area contributed by atoms with Gasteiger partial charge in [-0.3, -0.25) is 14.2 Å². The van der Waals surface area contributed by atoms with Crippen LogP contribution in [0, 0.1) is 11.6 Å². The summed E-state index contributed by atoms with van der Waals surface area (Å²) in [5.74, 6) is -1.08. The van der Waals surface area contributed by atoms with Gasteiger partial charge in [-0.25, -0.2) is 13.8 Å². The lowest BCUT2D eigenvalue weighted by Gasteiger charge is -2.15. The van der Waals surface area contributed by atoms with Crippen LogP contribution in [-0.2, 0) is 5.75 Å². The van der Waals surface area contributed by atoms with E-state index in [0.29, 0.717) is 27.4 Å². The highest BCUT2D eigenvalue weighted by molar-refractivity contribution is 7.98. The van der Waals surface area contributed by atoms with Crippen LogP contribution in [0.3, 0.4) is 0 Å². The molecule has 1 aliphatic rings. The van der Waals surface area contributed by atoms with Gasteiger partial charge in [0.2, 0.25) is 0 Å². The Morgan fingerprint density at radius 3 is 2.44 bits per heavy atom. The van der Waals surface area contributed by atoms with Crippen molar-refractivity contribution in [2.75, 3.05) is 13.1 Å². The lowest BCUT2D eigenvalue weighted by Crippen LogP contribution is -2.27. The molecule has 8 heteroatoms. The van der Waals surface area contributed by atoms with Crippen LogP contribution in [0.1, 0.15) is 28.8 Å². The second-order valence-electron chi connectivity index (χ2n) is 8.13. The van der Waals surface area contributed by atoms with E-state index in [-0.39, 0.29) is 11.6 Å². The molecular weight excluding hydrogens is 456 g/mol. The quantitative estimate of drug-likeness (QED) is 0.293. The van der Waals surface area contributed by atoms with Crippen molar-refractivity contribution in [2.45, 2.75) is 23.8 Å². The highest BCUT2D eigenvalue weighted by Crippen LogP contribution is 2.26. The molecule has 1 aromatic heterocycles. The second-order valence-corrected chi connectivity index (χ2v) is 9.08. The zero-order valence-corrected chi connectivity index (χ0v) is 19.0. The summed E-state index contributed by atoms with van der Waals surface area (Å²) in [4.78, 5) is 32.3. The molecule has 0 aliphatic carbocycles. The summed E-state index contributed by atoms with van der Waals surface area (Å²) in [6.07, 6.45) is 2.07. The van der Waals surface area contributed by atoms with E-state index in [2.05, 4.69) is 4.98 Å². The molecule has 5 nitrogen and oxygen atoms in total. The molecule has 34 heavy (non-hydrogen) atoms. The fraction of sp³-hybridized carbons (Fsp3) is 0.192. The Labute approximate surface area is 199 Å². The predicted octanol–water partition coefficient (Wildman–Crippen LogP) is 5.19. The third kappa shape index (κ3) is 4.33. The Morgan fingerprint density at radius 2 is 1.71 bits per heavy atom. The van der Waals surface area contributed by atoms with Gasteiger partial charge in [0.15, 0.2) is 5.16 Å². The molecular formula is C26H21F2N3O2S. The summed E-state index contributed by atoms with van der Waals surface area (Å²) in [5.41, 5.74) is 1.59. The number of nitrogens with zero attached hydrogens (tertiary/aromatic N) is 3. The number of carbonyl (C=O) groups is 1. The molecule has 0 radical (unpaired) electrons. The minimum Gasteiger partial charge on any atom is -0.339 e. The Bertz CT molecular complexity index is 1430. The first kappa shape index (κ1) is 22.3. The van der Waals surface area contributed by atoms with E-state index in [4.69, 9.17) is 0 Å². The SMILES string of the molecule is O=C(c1ccc(CSc2nc3ccccc3c(=O)n2-c2ccc(F)cc2F)cc1)N1CCCC1. The number of hydrogen-bond donors (Lipinski definition) is 0. The van der Waals surface area contributed by atoms with Crippen molar-refractivity contribution in [3.05, 3.63) is 99.8 Å². The number of likely N-dealkylation sites (tertiary alicyclic amines) is 1. The Kier molecular flexibility index (Phi) is 6.15. The number of amides is 1. The molecule has 0 unspecified atom stereocenters. The number of thioether (sulfide) groups is 1. The number of halogens is 2. The highest BCUT2D eigenvalue weighted by atomic mass is 32.2. The van der Waals surface area contributed by atoms with Crippen LogP contribution < -0.4 is 5.56 Å². The lowest BCUT2D eigenvalue weighted by atomic mass is 10.1. The Balaban J connectivity index is 1.46. The maximum absolute atomic E-state index is 14.6. The second kappa shape index (κ2) is 9.38. The first-order chi connectivity index (χ1) is 16.5. The number of aromatic nitrogens is 2. The van der Waals surface area contributed by atoms with Crippen LogP contribution in [-0.4, -0.2) is 33.4 Å². The first-order valence-corrected chi connectivity index (χ1v) is 12.0. The minimum absolute atomic E-state index is 0.0357. The summed E-state index contributed by atoms with van der Waals surface area (Å²) in [7, 11) is 0. The van der Waals surface area contributed by atoms with E-state index in [0.717, 1.165) is 43.6 Å². The zero-order chi connectivity index (χ0) is 23.7. The molecule has 0 spiro atoms. The molecule has 1 fully saturated rings. The van der Waals surface area contributed by atoms with Gasteiger partial charge in [-0.05, 0) is 54.8 Å². The van der Waals surface area contributed by atoms with Gasteiger partial charge >= 0.3 is 0 Å². The van der Waals surface area contributed by atoms with Crippen molar-refractivity contribution >= 4 is 28.6 Å². The molecule has 1 saturated heterocycles. The van der Waals surface area contributed by atoms with Crippen LogP contribution in [0.15, 0.2) is 76.7 Å². The molecule has 5 rings (SSSR count). The lowest BCUT2D eigenvalue weighted by molar-refractivity contribution is 0.0793. The average Bonchev–Trinajstić information content (AvgIpc) is 3.39. The predicted molar refractivity (Wildman–Crippen MR) is 128 cm³/mol. The number of rotatable bonds is 5. The van der Waals surface area contributed by atoms with Crippen LogP contribution in [0.4, 0.5) is 8.78 Å². The highest BCUT2D eigenvalue weighted by Gasteiger charge is 2.20. The number of carbonyl (C=O) groups excluding carboxylic acids is 1. The average molecular weight is 478 g/mol. The fourth-order valence-corrected chi connectivity index (χ4v) is 5.04. The van der Waals surface area contributed by atoms with Crippen molar-refractivity contribution in [3.8, 4) is 5.69 Å². The third-order valence-corrected chi connectivity index (χ3v) is 6.87. The van der Waals surface area contributed by atoms with Crippen LogP contribution in [0.2, 0.25) is 0 Å². The zero-order valence-electron chi connectivity index (χ0n) is 18.2. The molecule has 0 saturated carbocycles. The van der Waals surface area contributed by atoms with E-state index < -0.39 is 17.2 Å². The largest absolute Gasteiger partial charge is 0.339 e. The number of benzene rings is 3. The van der Waals surface area contributed by atoms with Crippen molar-refractivity contribution in [1.29, 1.82) is 0 Å². The van der Waals surface area contributed by atoms with Crippen molar-refractivity contribution in [1.82, 2.24) is 14.5 Å². The van der Waals surface area contributed by atoms with Gasteiger partial charge in [0.05, 0.1) is 16.6 Å². The number of para-hydroxylation sites is 1. The standard InChI is InChI=1S/C26H21F2N3O2S/c27-19-11-12-23(21(28)15-19)31-25(33)20-5-1-2-6-22(20)29-26(31)34-16-17-7-9-18(10-8-17)24(32)30-13-3-4-14-30/h1-2,5-12,15H,3-4,13-14,16H2. The molecule has 172 valence electrons. The van der Waals surface area contributed by atoms with E-state index >= 15 is 0 Å². The summed E-state index contributed by atoms with van der Waals surface area (Å²) in [5, 5.41) is 0.645. The fourth-order valence-electron chi connectivity index (χ4n) is 4.08. The van der Waals surface area contributed by atoms with E-state index in [9.17, 15) is 18.4 Å². The molecule has 2 heterocycles. The van der Waals surface area contributed by atoms with Crippen molar-refractivity contribution in [3.63, 3.8) is 0 Å². The van der Waals surface area contributed by atoms with Gasteiger partial charge in [-0.15, -0.1) is 0 Å². The van der Waals surface area contributed by atoms with Gasteiger partial charge in [-0.2, -0.15) is 0 Å². The molecule has 0 bridgehead atoms. The smallest absolute Gasteiger partial charge is 0.266 e. The minimum atomic E-state index is -0.842.